The van der Waals surface area contributed by atoms with Crippen LogP contribution < -0.4 is 10.6 Å². The molecule has 0 spiro atoms. The molecule has 2 atom stereocenters. The van der Waals surface area contributed by atoms with Crippen LogP contribution in [0, 0.1) is 11.3 Å². The Morgan fingerprint density at radius 1 is 1.29 bits per heavy atom. The highest BCUT2D eigenvalue weighted by Crippen LogP contribution is 2.17. The topological polar surface area (TPSA) is 69.5 Å². The van der Waals surface area contributed by atoms with Gasteiger partial charge in [-0.3, -0.25) is 4.79 Å². The van der Waals surface area contributed by atoms with Gasteiger partial charge in [-0.05, 0) is 37.3 Å². The predicted octanol–water partition coefficient (Wildman–Crippen LogP) is 3.36. The zero-order chi connectivity index (χ0) is 17.5. The smallest absolute Gasteiger partial charge is 0.282 e. The molecule has 0 aliphatic heterocycles. The van der Waals surface area contributed by atoms with Crippen molar-refractivity contribution in [1.29, 1.82) is 5.26 Å². The third-order valence-electron chi connectivity index (χ3n) is 3.93. The van der Waals surface area contributed by atoms with Crippen molar-refractivity contribution in [2.45, 2.75) is 32.4 Å². The van der Waals surface area contributed by atoms with Crippen LogP contribution in [0.1, 0.15) is 37.4 Å². The van der Waals surface area contributed by atoms with Crippen molar-refractivity contribution in [3.8, 4) is 6.07 Å². The second-order valence-electron chi connectivity index (χ2n) is 5.73. The number of nitriles is 1. The van der Waals surface area contributed by atoms with E-state index in [2.05, 4.69) is 51.7 Å². The number of anilines is 1. The molecule has 2 rings (SSSR count). The van der Waals surface area contributed by atoms with E-state index in [1.54, 1.807) is 24.3 Å². The average molecular weight is 387 g/mol. The Hall–Kier alpha value is -2.16. The van der Waals surface area contributed by atoms with Gasteiger partial charge in [0.25, 0.3) is 5.91 Å². The van der Waals surface area contributed by atoms with Gasteiger partial charge in [0, 0.05) is 22.1 Å². The molecular weight excluding hydrogens is 366 g/mol. The molecule has 0 bridgehead atoms. The van der Waals surface area contributed by atoms with Gasteiger partial charge in [-0.1, -0.05) is 41.1 Å². The summed E-state index contributed by atoms with van der Waals surface area (Å²) >= 11 is 3.44. The quantitative estimate of drug-likeness (QED) is 0.798. The lowest BCUT2D eigenvalue weighted by atomic mass is 10.0. The number of benzene rings is 2. The van der Waals surface area contributed by atoms with E-state index >= 15 is 0 Å². The van der Waals surface area contributed by atoms with E-state index in [-0.39, 0.29) is 18.0 Å². The summed E-state index contributed by atoms with van der Waals surface area (Å²) in [5, 5.41) is 13.9. The minimum absolute atomic E-state index is 0.0688. The molecule has 0 radical (unpaired) electrons. The summed E-state index contributed by atoms with van der Waals surface area (Å²) in [7, 11) is 0. The first-order chi connectivity index (χ1) is 11.5. The zero-order valence-electron chi connectivity index (χ0n) is 13.8. The Balaban J connectivity index is 2.01. The lowest BCUT2D eigenvalue weighted by Gasteiger charge is -2.19. The van der Waals surface area contributed by atoms with Gasteiger partial charge >= 0.3 is 0 Å². The standard InChI is InChI=1S/C19H20BrN3O/c1-3-18(15-7-9-16(20)10-8-15)22-13(2)19(24)23-17-6-4-5-14(11-17)12-21/h4-11,13,18,22H,3H2,1-2H3,(H,23,24)/p+1/t13-,18+/m0/s1. The average Bonchev–Trinajstić information content (AvgIpc) is 2.60. The van der Waals surface area contributed by atoms with Crippen molar-refractivity contribution in [1.82, 2.24) is 0 Å². The van der Waals surface area contributed by atoms with Gasteiger partial charge in [-0.2, -0.15) is 5.26 Å². The van der Waals surface area contributed by atoms with Crippen LogP contribution in [0.2, 0.25) is 0 Å². The Kier molecular flexibility index (Phi) is 6.53. The first-order valence-electron chi connectivity index (χ1n) is 7.95. The van der Waals surface area contributed by atoms with Crippen LogP contribution in [0.4, 0.5) is 5.69 Å². The molecule has 0 aliphatic carbocycles. The minimum atomic E-state index is -0.232. The number of carbonyl (C=O) groups excluding carboxylic acids is 1. The van der Waals surface area contributed by atoms with Gasteiger partial charge in [0.2, 0.25) is 0 Å². The highest BCUT2D eigenvalue weighted by molar-refractivity contribution is 9.10. The zero-order valence-corrected chi connectivity index (χ0v) is 15.4. The molecule has 0 saturated heterocycles. The molecular formula is C19H21BrN3O+. The molecule has 3 N–H and O–H groups in total. The van der Waals surface area contributed by atoms with Crippen LogP contribution in [0.5, 0.6) is 0 Å². The summed E-state index contributed by atoms with van der Waals surface area (Å²) in [6, 6.07) is 17.2. The molecule has 0 unspecified atom stereocenters. The maximum atomic E-state index is 12.4. The summed E-state index contributed by atoms with van der Waals surface area (Å²) in [5.74, 6) is -0.0688. The number of halogens is 1. The Labute approximate surface area is 151 Å². The number of carbonyl (C=O) groups is 1. The normalized spacial score (nSPS) is 12.9. The van der Waals surface area contributed by atoms with Crippen molar-refractivity contribution in [3.05, 3.63) is 64.1 Å². The highest BCUT2D eigenvalue weighted by atomic mass is 79.9. The monoisotopic (exact) mass is 386 g/mol. The molecule has 0 aromatic heterocycles. The Morgan fingerprint density at radius 2 is 2.00 bits per heavy atom. The molecule has 0 aliphatic rings. The van der Waals surface area contributed by atoms with Crippen LogP contribution >= 0.6 is 15.9 Å². The molecule has 0 heterocycles. The van der Waals surface area contributed by atoms with Crippen LogP contribution in [-0.4, -0.2) is 11.9 Å². The molecule has 0 saturated carbocycles. The molecule has 2 aromatic carbocycles. The number of nitrogens with two attached hydrogens (primary N) is 1. The maximum absolute atomic E-state index is 12.4. The molecule has 0 fully saturated rings. The summed E-state index contributed by atoms with van der Waals surface area (Å²) in [4.78, 5) is 12.4. The van der Waals surface area contributed by atoms with Crippen molar-refractivity contribution in [3.63, 3.8) is 0 Å². The van der Waals surface area contributed by atoms with Gasteiger partial charge in [0.15, 0.2) is 6.04 Å². The summed E-state index contributed by atoms with van der Waals surface area (Å²) in [5.41, 5.74) is 2.38. The van der Waals surface area contributed by atoms with Gasteiger partial charge in [-0.15, -0.1) is 0 Å². The maximum Gasteiger partial charge on any atom is 0.282 e. The molecule has 124 valence electrons. The minimum Gasteiger partial charge on any atom is -0.330 e. The Bertz CT molecular complexity index is 737. The number of hydrogen-bond donors (Lipinski definition) is 2. The summed E-state index contributed by atoms with van der Waals surface area (Å²) in [6.45, 7) is 4.01. The van der Waals surface area contributed by atoms with Crippen LogP contribution in [0.25, 0.3) is 0 Å². The van der Waals surface area contributed by atoms with Gasteiger partial charge < -0.3 is 10.6 Å². The number of nitrogens with one attached hydrogen (secondary N) is 1. The number of amides is 1. The van der Waals surface area contributed by atoms with E-state index in [1.807, 2.05) is 19.1 Å². The van der Waals surface area contributed by atoms with Crippen LogP contribution in [0.3, 0.4) is 0 Å². The fourth-order valence-corrected chi connectivity index (χ4v) is 2.82. The van der Waals surface area contributed by atoms with Crippen molar-refractivity contribution >= 4 is 27.5 Å². The lowest BCUT2D eigenvalue weighted by Crippen LogP contribution is -2.92. The largest absolute Gasteiger partial charge is 0.330 e. The fourth-order valence-electron chi connectivity index (χ4n) is 2.55. The summed E-state index contributed by atoms with van der Waals surface area (Å²) in [6.07, 6.45) is 0.934. The molecule has 1 amide bonds. The van der Waals surface area contributed by atoms with Gasteiger partial charge in [0.1, 0.15) is 6.04 Å². The predicted molar refractivity (Wildman–Crippen MR) is 98.3 cm³/mol. The van der Waals surface area contributed by atoms with Crippen molar-refractivity contribution < 1.29 is 10.1 Å². The lowest BCUT2D eigenvalue weighted by molar-refractivity contribution is -0.713. The molecule has 4 nitrogen and oxygen atoms in total. The van der Waals surface area contributed by atoms with Gasteiger partial charge in [0.05, 0.1) is 11.6 Å². The van der Waals surface area contributed by atoms with E-state index in [0.29, 0.717) is 11.3 Å². The van der Waals surface area contributed by atoms with E-state index in [4.69, 9.17) is 5.26 Å². The highest BCUT2D eigenvalue weighted by Gasteiger charge is 2.22. The van der Waals surface area contributed by atoms with Crippen molar-refractivity contribution in [2.75, 3.05) is 5.32 Å². The summed E-state index contributed by atoms with van der Waals surface area (Å²) < 4.78 is 1.05. The van der Waals surface area contributed by atoms with E-state index in [9.17, 15) is 4.79 Å². The molecule has 24 heavy (non-hydrogen) atoms. The van der Waals surface area contributed by atoms with E-state index < -0.39 is 0 Å². The van der Waals surface area contributed by atoms with E-state index in [0.717, 1.165) is 10.9 Å². The first kappa shape index (κ1) is 18.2. The number of nitrogens with zero attached hydrogens (tertiary/aromatic N) is 1. The van der Waals surface area contributed by atoms with Gasteiger partial charge in [-0.25, -0.2) is 0 Å². The molecule has 2 aromatic rings. The third kappa shape index (κ3) is 4.92. The fraction of sp³-hybridized carbons (Fsp3) is 0.263. The van der Waals surface area contributed by atoms with Crippen molar-refractivity contribution in [2.24, 2.45) is 0 Å². The second kappa shape index (κ2) is 8.62. The SMILES string of the molecule is CC[C@@H]([NH2+][C@@H](C)C(=O)Nc1cccc(C#N)c1)c1ccc(Br)cc1. The molecule has 5 heteroatoms. The first-order valence-corrected chi connectivity index (χ1v) is 8.74. The van der Waals surface area contributed by atoms with Crippen LogP contribution in [-0.2, 0) is 4.79 Å². The third-order valence-corrected chi connectivity index (χ3v) is 4.46. The van der Waals surface area contributed by atoms with E-state index in [1.165, 1.54) is 5.56 Å². The number of rotatable bonds is 6. The second-order valence-corrected chi connectivity index (χ2v) is 6.64. The number of hydrogen-bond acceptors (Lipinski definition) is 2. The number of quaternary nitrogens is 1. The van der Waals surface area contributed by atoms with Crippen LogP contribution in [0.15, 0.2) is 53.0 Å². The Morgan fingerprint density at radius 3 is 2.62 bits per heavy atom.